The summed E-state index contributed by atoms with van der Waals surface area (Å²) in [6, 6.07) is 0. The molecular weight excluding hydrogens is 366 g/mol. The number of hydrogen-bond acceptors (Lipinski definition) is 6. The molecule has 4 rings (SSSR count). The number of hydrogen-bond donors (Lipinski definition) is 0. The molecular formula is C19H29N3O4S. The lowest BCUT2D eigenvalue weighted by molar-refractivity contribution is 0.121. The Morgan fingerprint density at radius 2 is 2.00 bits per heavy atom. The molecule has 1 unspecified atom stereocenters. The van der Waals surface area contributed by atoms with Gasteiger partial charge in [0.05, 0.1) is 31.2 Å². The molecule has 1 aromatic rings. The van der Waals surface area contributed by atoms with Crippen molar-refractivity contribution in [1.29, 1.82) is 0 Å². The first-order valence-corrected chi connectivity index (χ1v) is 11.8. The molecule has 1 saturated heterocycles. The summed E-state index contributed by atoms with van der Waals surface area (Å²) in [5.74, 6) is 2.20. The summed E-state index contributed by atoms with van der Waals surface area (Å²) >= 11 is 0. The van der Waals surface area contributed by atoms with Crippen molar-refractivity contribution in [3.05, 3.63) is 17.1 Å². The minimum atomic E-state index is -3.19. The Morgan fingerprint density at radius 3 is 2.78 bits per heavy atom. The van der Waals surface area contributed by atoms with E-state index in [1.165, 1.54) is 0 Å². The van der Waals surface area contributed by atoms with Gasteiger partial charge in [0.25, 0.3) is 0 Å². The molecule has 27 heavy (non-hydrogen) atoms. The maximum Gasteiger partial charge on any atom is 0.220 e. The molecule has 150 valence electrons. The largest absolute Gasteiger partial charge is 0.473 e. The van der Waals surface area contributed by atoms with Crippen molar-refractivity contribution in [2.24, 2.45) is 0 Å². The van der Waals surface area contributed by atoms with Crippen molar-refractivity contribution >= 4 is 10.0 Å². The lowest BCUT2D eigenvalue weighted by atomic mass is 10.1. The standard InChI is InChI=1S/C19H29N3O4S/c1-2-12-27(23,24)22-9-3-4-15(13-22)26-19-16-7-10-25-11-8-17(16)20-18(21-19)14-5-6-14/h14-15H,2-13H2,1H3. The maximum atomic E-state index is 12.4. The molecule has 1 saturated carbocycles. The van der Waals surface area contributed by atoms with Gasteiger partial charge >= 0.3 is 0 Å². The topological polar surface area (TPSA) is 81.6 Å². The first-order valence-electron chi connectivity index (χ1n) is 10.2. The molecule has 7 nitrogen and oxygen atoms in total. The van der Waals surface area contributed by atoms with Crippen LogP contribution in [0.5, 0.6) is 5.88 Å². The first-order chi connectivity index (χ1) is 13.1. The minimum Gasteiger partial charge on any atom is -0.473 e. The highest BCUT2D eigenvalue weighted by Crippen LogP contribution is 2.40. The van der Waals surface area contributed by atoms with Crippen molar-refractivity contribution in [2.45, 2.75) is 63.9 Å². The van der Waals surface area contributed by atoms with E-state index in [4.69, 9.17) is 19.4 Å². The van der Waals surface area contributed by atoms with Gasteiger partial charge in [-0.05, 0) is 32.1 Å². The van der Waals surface area contributed by atoms with Crippen molar-refractivity contribution < 1.29 is 17.9 Å². The molecule has 0 N–H and O–H groups in total. The second kappa shape index (κ2) is 8.01. The monoisotopic (exact) mass is 395 g/mol. The van der Waals surface area contributed by atoms with Gasteiger partial charge < -0.3 is 9.47 Å². The van der Waals surface area contributed by atoms with Crippen molar-refractivity contribution in [2.75, 3.05) is 32.1 Å². The fourth-order valence-corrected chi connectivity index (χ4v) is 5.42. The molecule has 1 aliphatic carbocycles. The van der Waals surface area contributed by atoms with E-state index in [-0.39, 0.29) is 11.9 Å². The fraction of sp³-hybridized carbons (Fsp3) is 0.789. The zero-order valence-corrected chi connectivity index (χ0v) is 16.8. The third-order valence-corrected chi connectivity index (χ3v) is 7.51. The second-order valence-corrected chi connectivity index (χ2v) is 9.84. The van der Waals surface area contributed by atoms with Gasteiger partial charge in [-0.2, -0.15) is 9.29 Å². The van der Waals surface area contributed by atoms with E-state index in [0.29, 0.717) is 44.5 Å². The zero-order valence-electron chi connectivity index (χ0n) is 16.0. The van der Waals surface area contributed by atoms with Crippen LogP contribution in [0.2, 0.25) is 0 Å². The van der Waals surface area contributed by atoms with Crippen LogP contribution in [0.1, 0.15) is 62.0 Å². The molecule has 3 heterocycles. The van der Waals surface area contributed by atoms with E-state index < -0.39 is 10.0 Å². The quantitative estimate of drug-likeness (QED) is 0.733. The zero-order chi connectivity index (χ0) is 18.9. The van der Waals surface area contributed by atoms with Gasteiger partial charge in [0, 0.05) is 30.9 Å². The van der Waals surface area contributed by atoms with Crippen LogP contribution in [-0.2, 0) is 27.6 Å². The van der Waals surface area contributed by atoms with Crippen LogP contribution in [-0.4, -0.2) is 60.9 Å². The van der Waals surface area contributed by atoms with Gasteiger partial charge in [0.1, 0.15) is 11.9 Å². The average molecular weight is 396 g/mol. The molecule has 0 radical (unpaired) electrons. The first kappa shape index (κ1) is 19.1. The van der Waals surface area contributed by atoms with Crippen LogP contribution < -0.4 is 4.74 Å². The Bertz CT molecular complexity index is 779. The summed E-state index contributed by atoms with van der Waals surface area (Å²) in [6.07, 6.45) is 5.97. The third kappa shape index (κ3) is 4.43. The highest BCUT2D eigenvalue weighted by molar-refractivity contribution is 7.89. The number of sulfonamides is 1. The molecule has 0 amide bonds. The van der Waals surface area contributed by atoms with Crippen molar-refractivity contribution in [1.82, 2.24) is 14.3 Å². The lowest BCUT2D eigenvalue weighted by Crippen LogP contribution is -2.45. The summed E-state index contributed by atoms with van der Waals surface area (Å²) in [5.41, 5.74) is 2.09. The highest BCUT2D eigenvalue weighted by atomic mass is 32.2. The molecule has 2 fully saturated rings. The molecule has 0 bridgehead atoms. The predicted octanol–water partition coefficient (Wildman–Crippen LogP) is 2.05. The van der Waals surface area contributed by atoms with Crippen LogP contribution in [0.4, 0.5) is 0 Å². The van der Waals surface area contributed by atoms with Crippen LogP contribution in [0.3, 0.4) is 0 Å². The molecule has 8 heteroatoms. The number of nitrogens with zero attached hydrogens (tertiary/aromatic N) is 3. The van der Waals surface area contributed by atoms with E-state index >= 15 is 0 Å². The normalized spacial score (nSPS) is 24.3. The lowest BCUT2D eigenvalue weighted by Gasteiger charge is -2.32. The highest BCUT2D eigenvalue weighted by Gasteiger charge is 2.32. The summed E-state index contributed by atoms with van der Waals surface area (Å²) in [7, 11) is -3.19. The number of aromatic nitrogens is 2. The van der Waals surface area contributed by atoms with E-state index in [9.17, 15) is 8.42 Å². The van der Waals surface area contributed by atoms with E-state index in [1.807, 2.05) is 6.92 Å². The predicted molar refractivity (Wildman–Crippen MR) is 102 cm³/mol. The molecule has 0 aromatic carbocycles. The Morgan fingerprint density at radius 1 is 1.19 bits per heavy atom. The second-order valence-electron chi connectivity index (χ2n) is 7.75. The molecule has 1 aromatic heterocycles. The Kier molecular flexibility index (Phi) is 5.66. The average Bonchev–Trinajstić information content (AvgIpc) is 3.49. The van der Waals surface area contributed by atoms with Crippen LogP contribution >= 0.6 is 0 Å². The fourth-order valence-electron chi connectivity index (χ4n) is 3.85. The van der Waals surface area contributed by atoms with Gasteiger partial charge in [-0.15, -0.1) is 0 Å². The van der Waals surface area contributed by atoms with Gasteiger partial charge in [-0.25, -0.2) is 13.4 Å². The summed E-state index contributed by atoms with van der Waals surface area (Å²) < 4.78 is 38.4. The van der Waals surface area contributed by atoms with Crippen molar-refractivity contribution in [3.8, 4) is 5.88 Å². The minimum absolute atomic E-state index is 0.152. The third-order valence-electron chi connectivity index (χ3n) is 5.47. The van der Waals surface area contributed by atoms with Crippen LogP contribution in [0, 0.1) is 0 Å². The summed E-state index contributed by atoms with van der Waals surface area (Å²) in [5, 5.41) is 0. The van der Waals surface area contributed by atoms with Crippen molar-refractivity contribution in [3.63, 3.8) is 0 Å². The molecule has 0 spiro atoms. The molecule has 1 atom stereocenters. The van der Waals surface area contributed by atoms with Crippen LogP contribution in [0.25, 0.3) is 0 Å². The smallest absolute Gasteiger partial charge is 0.220 e. The Hall–Kier alpha value is -1.25. The van der Waals surface area contributed by atoms with Gasteiger partial charge in [0.2, 0.25) is 15.9 Å². The number of fused-ring (bicyclic) bond motifs is 1. The summed E-state index contributed by atoms with van der Waals surface area (Å²) in [6.45, 7) is 4.23. The van der Waals surface area contributed by atoms with E-state index in [1.54, 1.807) is 4.31 Å². The Labute approximate surface area is 161 Å². The van der Waals surface area contributed by atoms with Gasteiger partial charge in [-0.1, -0.05) is 6.92 Å². The number of rotatable bonds is 6. The molecule has 3 aliphatic rings. The summed E-state index contributed by atoms with van der Waals surface area (Å²) in [4.78, 5) is 9.54. The van der Waals surface area contributed by atoms with Gasteiger partial charge in [-0.3, -0.25) is 0 Å². The number of piperidine rings is 1. The van der Waals surface area contributed by atoms with Crippen LogP contribution in [0.15, 0.2) is 0 Å². The van der Waals surface area contributed by atoms with E-state index in [0.717, 1.165) is 55.6 Å². The molecule has 2 aliphatic heterocycles. The Balaban J connectivity index is 1.55. The number of ether oxygens (including phenoxy) is 2. The van der Waals surface area contributed by atoms with Gasteiger partial charge in [0.15, 0.2) is 0 Å². The maximum absolute atomic E-state index is 12.4. The van der Waals surface area contributed by atoms with E-state index in [2.05, 4.69) is 0 Å². The SMILES string of the molecule is CCCS(=O)(=O)N1CCCC(Oc2nc(C3CC3)nc3c2CCOCC3)C1.